The Kier molecular flexibility index (Phi) is 8.34. The molecule has 0 saturated carbocycles. The molecule has 3 N–H and O–H groups in total. The van der Waals surface area contributed by atoms with Gasteiger partial charge in [0.1, 0.15) is 6.17 Å². The summed E-state index contributed by atoms with van der Waals surface area (Å²) in [5, 5.41) is 3.81. The lowest BCUT2D eigenvalue weighted by Crippen LogP contribution is -2.57. The van der Waals surface area contributed by atoms with Crippen LogP contribution in [0.5, 0.6) is 0 Å². The molecular weight excluding hydrogens is 456 g/mol. The average Bonchev–Trinajstić information content (AvgIpc) is 3.22. The summed E-state index contributed by atoms with van der Waals surface area (Å²) in [4.78, 5) is 18.4. The fourth-order valence-electron chi connectivity index (χ4n) is 5.28. The molecule has 5 heteroatoms. The first kappa shape index (κ1) is 26.5. The summed E-state index contributed by atoms with van der Waals surface area (Å²) in [5.41, 5.74) is 13.6. The number of nitrogens with two attached hydrogens (primary N) is 1. The molecule has 0 aromatic heterocycles. The summed E-state index contributed by atoms with van der Waals surface area (Å²) in [6.45, 7) is 14.4. The van der Waals surface area contributed by atoms with E-state index in [1.165, 1.54) is 11.1 Å². The SMILES string of the molecule is C=Cc1cccc(CN2c3ccc(C)cc3NC2[C@@H](C(C)C)N(CCCN)C(=O)c2ccc(C)cc2)c1. The zero-order valence-electron chi connectivity index (χ0n) is 22.6. The molecule has 1 aliphatic heterocycles. The zero-order valence-corrected chi connectivity index (χ0v) is 22.6. The molecule has 0 fully saturated rings. The lowest BCUT2D eigenvalue weighted by atomic mass is 9.96. The van der Waals surface area contributed by atoms with E-state index in [1.807, 2.05) is 42.2 Å². The number of hydrogen-bond acceptors (Lipinski definition) is 4. The Morgan fingerprint density at radius 3 is 2.49 bits per heavy atom. The summed E-state index contributed by atoms with van der Waals surface area (Å²) in [6.07, 6.45) is 2.55. The second-order valence-corrected chi connectivity index (χ2v) is 10.4. The van der Waals surface area contributed by atoms with Crippen molar-refractivity contribution in [3.63, 3.8) is 0 Å². The van der Waals surface area contributed by atoms with Gasteiger partial charge in [-0.25, -0.2) is 0 Å². The van der Waals surface area contributed by atoms with E-state index in [-0.39, 0.29) is 24.0 Å². The fraction of sp³-hybridized carbons (Fsp3) is 0.344. The molecule has 3 aromatic rings. The van der Waals surface area contributed by atoms with E-state index >= 15 is 0 Å². The van der Waals surface area contributed by atoms with Crippen LogP contribution >= 0.6 is 0 Å². The molecule has 0 radical (unpaired) electrons. The molecule has 3 aromatic carbocycles. The molecular formula is C32H40N4O. The average molecular weight is 497 g/mol. The molecule has 1 unspecified atom stereocenters. The highest BCUT2D eigenvalue weighted by Crippen LogP contribution is 2.40. The standard InChI is InChI=1S/C32H40N4O/c1-6-25-9-7-10-26(20-25)21-36-29-16-13-24(5)19-28(29)34-31(36)30(22(2)3)35(18-8-17-33)32(37)27-14-11-23(4)12-15-27/h6-7,9-16,19-20,22,30-31,34H,1,8,17-18,21,33H2,2-5H3/t30-,31?/m1/s1. The number of nitrogens with one attached hydrogen (secondary N) is 1. The third-order valence-electron chi connectivity index (χ3n) is 7.17. The van der Waals surface area contributed by atoms with Crippen molar-refractivity contribution >= 4 is 23.4 Å². The van der Waals surface area contributed by atoms with Crippen LogP contribution in [0.3, 0.4) is 0 Å². The van der Waals surface area contributed by atoms with E-state index in [4.69, 9.17) is 5.73 Å². The topological polar surface area (TPSA) is 61.6 Å². The maximum atomic E-state index is 14.0. The predicted octanol–water partition coefficient (Wildman–Crippen LogP) is 6.22. The van der Waals surface area contributed by atoms with Gasteiger partial charge in [-0.05, 0) is 79.8 Å². The normalized spacial score (nSPS) is 15.3. The number of hydrogen-bond donors (Lipinski definition) is 2. The first-order valence-corrected chi connectivity index (χ1v) is 13.2. The van der Waals surface area contributed by atoms with Gasteiger partial charge < -0.3 is 20.9 Å². The number of amides is 1. The summed E-state index contributed by atoms with van der Waals surface area (Å²) in [7, 11) is 0. The van der Waals surface area contributed by atoms with Gasteiger partial charge in [0.05, 0.1) is 17.4 Å². The van der Waals surface area contributed by atoms with Crippen molar-refractivity contribution in [1.82, 2.24) is 4.90 Å². The highest BCUT2D eigenvalue weighted by molar-refractivity contribution is 5.94. The Morgan fingerprint density at radius 1 is 1.08 bits per heavy atom. The van der Waals surface area contributed by atoms with E-state index in [2.05, 4.69) is 80.0 Å². The van der Waals surface area contributed by atoms with Crippen LogP contribution in [0, 0.1) is 19.8 Å². The Bertz CT molecular complexity index is 1230. The number of nitrogens with zero attached hydrogens (tertiary/aromatic N) is 2. The molecule has 1 amide bonds. The van der Waals surface area contributed by atoms with Crippen LogP contribution in [-0.4, -0.2) is 36.1 Å². The van der Waals surface area contributed by atoms with Crippen LogP contribution in [0.4, 0.5) is 11.4 Å². The summed E-state index contributed by atoms with van der Waals surface area (Å²) in [5.74, 6) is 0.261. The van der Waals surface area contributed by atoms with Gasteiger partial charge in [-0.15, -0.1) is 0 Å². The Hall–Kier alpha value is -3.57. The number of aryl methyl sites for hydroxylation is 2. The number of benzene rings is 3. The highest BCUT2D eigenvalue weighted by Gasteiger charge is 2.41. The number of fused-ring (bicyclic) bond motifs is 1. The van der Waals surface area contributed by atoms with Crippen molar-refractivity contribution in [3.05, 3.63) is 101 Å². The number of anilines is 2. The molecule has 194 valence electrons. The van der Waals surface area contributed by atoms with Gasteiger partial charge in [0.2, 0.25) is 0 Å². The van der Waals surface area contributed by atoms with E-state index in [0.717, 1.165) is 35.5 Å². The first-order valence-electron chi connectivity index (χ1n) is 13.2. The van der Waals surface area contributed by atoms with Crippen molar-refractivity contribution in [2.75, 3.05) is 23.3 Å². The Labute approximate surface area is 222 Å². The maximum Gasteiger partial charge on any atom is 0.254 e. The number of carbonyl (C=O) groups excluding carboxylic acids is 1. The fourth-order valence-corrected chi connectivity index (χ4v) is 5.28. The minimum absolute atomic E-state index is 0.0506. The van der Waals surface area contributed by atoms with Crippen LogP contribution < -0.4 is 16.0 Å². The number of rotatable bonds is 10. The molecule has 0 bridgehead atoms. The largest absolute Gasteiger partial charge is 0.362 e. The molecule has 0 saturated heterocycles. The van der Waals surface area contributed by atoms with Crippen molar-refractivity contribution in [1.29, 1.82) is 0 Å². The third-order valence-corrected chi connectivity index (χ3v) is 7.17. The van der Waals surface area contributed by atoms with E-state index < -0.39 is 0 Å². The second-order valence-electron chi connectivity index (χ2n) is 10.4. The summed E-state index contributed by atoms with van der Waals surface area (Å²) >= 11 is 0. The smallest absolute Gasteiger partial charge is 0.254 e. The van der Waals surface area contributed by atoms with Crippen LogP contribution in [-0.2, 0) is 6.54 Å². The van der Waals surface area contributed by atoms with Gasteiger partial charge in [-0.2, -0.15) is 0 Å². The first-order chi connectivity index (χ1) is 17.8. The van der Waals surface area contributed by atoms with Crippen LogP contribution in [0.1, 0.15) is 52.9 Å². The maximum absolute atomic E-state index is 14.0. The van der Waals surface area contributed by atoms with Gasteiger partial charge >= 0.3 is 0 Å². The van der Waals surface area contributed by atoms with E-state index in [0.29, 0.717) is 18.7 Å². The van der Waals surface area contributed by atoms with E-state index in [1.54, 1.807) is 0 Å². The molecule has 4 rings (SSSR count). The van der Waals surface area contributed by atoms with Crippen LogP contribution in [0.2, 0.25) is 0 Å². The predicted molar refractivity (Wildman–Crippen MR) is 156 cm³/mol. The monoisotopic (exact) mass is 496 g/mol. The van der Waals surface area contributed by atoms with Crippen molar-refractivity contribution in [3.8, 4) is 0 Å². The van der Waals surface area contributed by atoms with Gasteiger partial charge in [0.25, 0.3) is 5.91 Å². The van der Waals surface area contributed by atoms with Crippen LogP contribution in [0.15, 0.2) is 73.3 Å². The minimum Gasteiger partial charge on any atom is -0.362 e. The van der Waals surface area contributed by atoms with Gasteiger partial charge in [0, 0.05) is 18.7 Å². The quantitative estimate of drug-likeness (QED) is 0.350. The molecule has 2 atom stereocenters. The molecule has 5 nitrogen and oxygen atoms in total. The minimum atomic E-state index is -0.0867. The molecule has 1 heterocycles. The highest BCUT2D eigenvalue weighted by atomic mass is 16.2. The molecule has 0 spiro atoms. The second kappa shape index (κ2) is 11.7. The molecule has 1 aliphatic rings. The van der Waals surface area contributed by atoms with Crippen molar-refractivity contribution in [2.24, 2.45) is 11.7 Å². The lowest BCUT2D eigenvalue weighted by molar-refractivity contribution is 0.0594. The Balaban J connectivity index is 1.75. The summed E-state index contributed by atoms with van der Waals surface area (Å²) < 4.78 is 0. The van der Waals surface area contributed by atoms with Gasteiger partial charge in [-0.1, -0.05) is 68.5 Å². The van der Waals surface area contributed by atoms with Gasteiger partial charge in [-0.3, -0.25) is 4.79 Å². The molecule has 37 heavy (non-hydrogen) atoms. The summed E-state index contributed by atoms with van der Waals surface area (Å²) in [6, 6.07) is 22.8. The number of carbonyl (C=O) groups is 1. The van der Waals surface area contributed by atoms with Gasteiger partial charge in [0.15, 0.2) is 0 Å². The van der Waals surface area contributed by atoms with Crippen molar-refractivity contribution < 1.29 is 4.79 Å². The van der Waals surface area contributed by atoms with Crippen LogP contribution in [0.25, 0.3) is 6.08 Å². The molecule has 0 aliphatic carbocycles. The Morgan fingerprint density at radius 2 is 1.81 bits per heavy atom. The third kappa shape index (κ3) is 5.89. The zero-order chi connectivity index (χ0) is 26.5. The van der Waals surface area contributed by atoms with E-state index in [9.17, 15) is 4.79 Å². The lowest BCUT2D eigenvalue weighted by Gasteiger charge is -2.42. The van der Waals surface area contributed by atoms with Crippen molar-refractivity contribution in [2.45, 2.75) is 52.9 Å².